The van der Waals surface area contributed by atoms with Gasteiger partial charge in [-0.25, -0.2) is 5.43 Å². The number of hydrogen-bond acceptors (Lipinski definition) is 7. The van der Waals surface area contributed by atoms with Crippen LogP contribution in [0.15, 0.2) is 77.6 Å². The first-order valence-corrected chi connectivity index (χ1v) is 10.8. The van der Waals surface area contributed by atoms with E-state index in [2.05, 4.69) is 45.3 Å². The van der Waals surface area contributed by atoms with Gasteiger partial charge in [0.25, 0.3) is 5.91 Å². The van der Waals surface area contributed by atoms with Crippen molar-refractivity contribution in [2.24, 2.45) is 0 Å². The predicted molar refractivity (Wildman–Crippen MR) is 114 cm³/mol. The van der Waals surface area contributed by atoms with E-state index in [0.717, 1.165) is 11.4 Å². The zero-order valence-corrected chi connectivity index (χ0v) is 17.2. The second-order valence-electron chi connectivity index (χ2n) is 7.32. The Kier molecular flexibility index (Phi) is 4.97. The minimum Gasteiger partial charge on any atom is -0.366 e. The molecule has 2 aromatic carbocycles. The topological polar surface area (TPSA) is 88.0 Å². The first-order chi connectivity index (χ1) is 14.7. The zero-order chi connectivity index (χ0) is 20.5. The van der Waals surface area contributed by atoms with Crippen molar-refractivity contribution in [1.29, 1.82) is 0 Å². The fourth-order valence-corrected chi connectivity index (χ4v) is 4.80. The molecular formula is C21H21N7OS. The number of para-hydroxylation sites is 1. The van der Waals surface area contributed by atoms with E-state index in [1.54, 1.807) is 15.8 Å². The average molecular weight is 420 g/mol. The number of rotatable bonds is 5. The number of carbonyl (C=O) groups is 1. The Morgan fingerprint density at radius 2 is 1.80 bits per heavy atom. The number of aromatic nitrogens is 4. The summed E-state index contributed by atoms with van der Waals surface area (Å²) in [5, 5.41) is 18.0. The van der Waals surface area contributed by atoms with Crippen LogP contribution in [0.25, 0.3) is 5.69 Å². The van der Waals surface area contributed by atoms with Crippen molar-refractivity contribution in [2.45, 2.75) is 30.2 Å². The molecule has 0 aliphatic carbocycles. The fourth-order valence-electron chi connectivity index (χ4n) is 3.99. The lowest BCUT2D eigenvalue weighted by Gasteiger charge is -2.33. The summed E-state index contributed by atoms with van der Waals surface area (Å²) in [6.07, 6.45) is 1.51. The summed E-state index contributed by atoms with van der Waals surface area (Å²) in [4.78, 5) is 12.8. The van der Waals surface area contributed by atoms with Crippen LogP contribution in [0.5, 0.6) is 0 Å². The Balaban J connectivity index is 1.33. The van der Waals surface area contributed by atoms with Crippen LogP contribution in [-0.2, 0) is 4.79 Å². The van der Waals surface area contributed by atoms with Crippen LogP contribution < -0.4 is 10.7 Å². The van der Waals surface area contributed by atoms with Crippen LogP contribution in [0, 0.1) is 0 Å². The van der Waals surface area contributed by atoms with Crippen LogP contribution in [0.3, 0.4) is 0 Å². The Labute approximate surface area is 178 Å². The number of nitrogens with one attached hydrogen (secondary N) is 2. The number of hydrogen-bond donors (Lipinski definition) is 2. The summed E-state index contributed by atoms with van der Waals surface area (Å²) < 4.78 is 1.70. The number of fused-ring (bicyclic) bond motifs is 1. The van der Waals surface area contributed by atoms with E-state index in [1.165, 1.54) is 17.3 Å². The van der Waals surface area contributed by atoms with Gasteiger partial charge in [0.15, 0.2) is 0 Å². The summed E-state index contributed by atoms with van der Waals surface area (Å²) in [6.45, 7) is 2.10. The van der Waals surface area contributed by atoms with Gasteiger partial charge in [0.1, 0.15) is 6.17 Å². The molecule has 5 rings (SSSR count). The molecule has 3 unspecified atom stereocenters. The van der Waals surface area contributed by atoms with Gasteiger partial charge < -0.3 is 5.32 Å². The second kappa shape index (κ2) is 7.92. The van der Waals surface area contributed by atoms with Crippen LogP contribution in [-0.4, -0.2) is 49.1 Å². The van der Waals surface area contributed by atoms with Gasteiger partial charge in [0, 0.05) is 29.5 Å². The molecule has 2 aliphatic rings. The predicted octanol–water partition coefficient (Wildman–Crippen LogP) is 2.09. The molecule has 3 atom stereocenters. The molecule has 2 aliphatic heterocycles. The third-order valence-electron chi connectivity index (χ3n) is 5.35. The van der Waals surface area contributed by atoms with Gasteiger partial charge in [-0.15, -0.1) is 5.10 Å². The van der Waals surface area contributed by atoms with Crippen LogP contribution in [0.2, 0.25) is 0 Å². The number of benzene rings is 2. The first kappa shape index (κ1) is 18.8. The van der Waals surface area contributed by atoms with Crippen molar-refractivity contribution in [1.82, 2.24) is 36.0 Å². The van der Waals surface area contributed by atoms with Crippen molar-refractivity contribution >= 4 is 17.7 Å². The lowest BCUT2D eigenvalue weighted by molar-refractivity contribution is -0.131. The maximum Gasteiger partial charge on any atom is 0.264 e. The van der Waals surface area contributed by atoms with Crippen molar-refractivity contribution in [3.05, 3.63) is 78.0 Å². The molecular weight excluding hydrogens is 398 g/mol. The van der Waals surface area contributed by atoms with E-state index in [-0.39, 0.29) is 24.0 Å². The average Bonchev–Trinajstić information content (AvgIpc) is 3.37. The molecule has 0 bridgehead atoms. The standard InChI is InChI=1S/C21H21N7OS/c1-14-19(15-8-4-2-5-9-15)20-22-16(12-18(29)28(20)24-14)13-30-21-23-25-26-27(21)17-10-6-3-7-11-17/h2-12,14,19-20,22,24H,13H2,1H3. The molecule has 0 radical (unpaired) electrons. The zero-order valence-electron chi connectivity index (χ0n) is 16.3. The molecule has 9 heteroatoms. The number of nitrogens with zero attached hydrogens (tertiary/aromatic N) is 5. The van der Waals surface area contributed by atoms with Crippen molar-refractivity contribution in [3.63, 3.8) is 0 Å². The minimum absolute atomic E-state index is 0.0396. The lowest BCUT2D eigenvalue weighted by atomic mass is 9.91. The van der Waals surface area contributed by atoms with Gasteiger partial charge in [0.2, 0.25) is 5.16 Å². The fraction of sp³-hybridized carbons (Fsp3) is 0.238. The maximum absolute atomic E-state index is 12.8. The normalized spacial score (nSPS) is 23.1. The van der Waals surface area contributed by atoms with Crippen molar-refractivity contribution in [3.8, 4) is 5.69 Å². The van der Waals surface area contributed by atoms with E-state index in [1.807, 2.05) is 48.5 Å². The van der Waals surface area contributed by atoms with E-state index >= 15 is 0 Å². The highest BCUT2D eigenvalue weighted by molar-refractivity contribution is 7.99. The van der Waals surface area contributed by atoms with Gasteiger partial charge in [0.05, 0.1) is 5.69 Å². The van der Waals surface area contributed by atoms with E-state index in [4.69, 9.17) is 0 Å². The van der Waals surface area contributed by atoms with Crippen molar-refractivity contribution < 1.29 is 4.79 Å². The number of tetrazole rings is 1. The maximum atomic E-state index is 12.8. The first-order valence-electron chi connectivity index (χ1n) is 9.79. The summed E-state index contributed by atoms with van der Waals surface area (Å²) in [5.41, 5.74) is 6.27. The molecule has 1 aromatic heterocycles. The van der Waals surface area contributed by atoms with Crippen LogP contribution in [0.1, 0.15) is 18.4 Å². The quantitative estimate of drug-likeness (QED) is 0.612. The third-order valence-corrected chi connectivity index (χ3v) is 6.32. The largest absolute Gasteiger partial charge is 0.366 e. The second-order valence-corrected chi connectivity index (χ2v) is 8.26. The van der Waals surface area contributed by atoms with Crippen LogP contribution >= 0.6 is 11.8 Å². The number of hydrazine groups is 1. The highest BCUT2D eigenvalue weighted by atomic mass is 32.2. The third kappa shape index (κ3) is 3.46. The van der Waals surface area contributed by atoms with Gasteiger partial charge in [-0.05, 0) is 35.0 Å². The SMILES string of the molecule is CC1NN2C(=O)C=C(CSc3nnnn3-c3ccccc3)NC2C1c1ccccc1. The molecule has 30 heavy (non-hydrogen) atoms. The van der Waals surface area contributed by atoms with Gasteiger partial charge in [-0.3, -0.25) is 9.80 Å². The Morgan fingerprint density at radius 3 is 2.57 bits per heavy atom. The van der Waals surface area contributed by atoms with E-state index in [0.29, 0.717) is 10.9 Å². The Morgan fingerprint density at radius 1 is 1.07 bits per heavy atom. The monoisotopic (exact) mass is 419 g/mol. The van der Waals surface area contributed by atoms with Gasteiger partial charge >= 0.3 is 0 Å². The Bertz CT molecular complexity index is 1070. The molecule has 3 aromatic rings. The Hall–Kier alpha value is -3.17. The highest BCUT2D eigenvalue weighted by Crippen LogP contribution is 2.33. The minimum atomic E-state index is -0.138. The van der Waals surface area contributed by atoms with Crippen LogP contribution in [0.4, 0.5) is 0 Å². The van der Waals surface area contributed by atoms with Gasteiger partial charge in [-0.1, -0.05) is 60.3 Å². The molecule has 2 N–H and O–H groups in total. The summed E-state index contributed by atoms with van der Waals surface area (Å²) >= 11 is 1.49. The smallest absolute Gasteiger partial charge is 0.264 e. The molecule has 1 saturated heterocycles. The number of amides is 1. The summed E-state index contributed by atoms with van der Waals surface area (Å²) in [7, 11) is 0. The molecule has 0 spiro atoms. The molecule has 3 heterocycles. The molecule has 8 nitrogen and oxygen atoms in total. The molecule has 1 amide bonds. The van der Waals surface area contributed by atoms with E-state index in [9.17, 15) is 4.79 Å². The van der Waals surface area contributed by atoms with Crippen molar-refractivity contribution in [2.75, 3.05) is 5.75 Å². The summed E-state index contributed by atoms with van der Waals surface area (Å²) in [5.74, 6) is 0.680. The number of thioether (sulfide) groups is 1. The molecule has 0 saturated carbocycles. The molecule has 152 valence electrons. The summed E-state index contributed by atoms with van der Waals surface area (Å²) in [6, 6.07) is 20.2. The molecule has 1 fully saturated rings. The van der Waals surface area contributed by atoms with Gasteiger partial charge in [-0.2, -0.15) is 4.68 Å². The van der Waals surface area contributed by atoms with E-state index < -0.39 is 0 Å². The highest BCUT2D eigenvalue weighted by Gasteiger charge is 2.44. The lowest BCUT2D eigenvalue weighted by Crippen LogP contribution is -2.53. The number of carbonyl (C=O) groups excluding carboxylic acids is 1.